The Balaban J connectivity index is 1.76. The number of fused-ring (bicyclic) bond motifs is 1. The number of aromatic nitrogens is 1. The Morgan fingerprint density at radius 1 is 0.973 bits per heavy atom. The molecular weight excluding hydrogens is 496 g/mol. The summed E-state index contributed by atoms with van der Waals surface area (Å²) in [6.07, 6.45) is 4.38. The molecule has 1 aromatic heterocycles. The summed E-state index contributed by atoms with van der Waals surface area (Å²) in [6.45, 7) is 3.61. The molecule has 1 amide bonds. The Morgan fingerprint density at radius 2 is 1.65 bits per heavy atom. The SMILES string of the molecule is CC(=O)Oc1ccc2c(c1)c(CC(=O)NCCCCCCCC(=O)O)c(C)n2C(=O)c1ccc(Cl)cc1. The number of benzene rings is 2. The van der Waals surface area contributed by atoms with Gasteiger partial charge in [-0.05, 0) is 67.8 Å². The highest BCUT2D eigenvalue weighted by molar-refractivity contribution is 6.30. The maximum atomic E-state index is 13.4. The number of hydrogen-bond donors (Lipinski definition) is 2. The number of unbranched alkanes of at least 4 members (excludes halogenated alkanes) is 4. The van der Waals surface area contributed by atoms with Crippen LogP contribution in [0.25, 0.3) is 10.9 Å². The molecule has 3 aromatic rings. The highest BCUT2D eigenvalue weighted by atomic mass is 35.5. The van der Waals surface area contributed by atoms with Gasteiger partial charge in [0, 0.05) is 41.6 Å². The van der Waals surface area contributed by atoms with Crippen LogP contribution in [0.3, 0.4) is 0 Å². The third kappa shape index (κ3) is 7.67. The van der Waals surface area contributed by atoms with Crippen LogP contribution >= 0.6 is 11.6 Å². The van der Waals surface area contributed by atoms with Crippen LogP contribution in [0.5, 0.6) is 5.75 Å². The second-order valence-corrected chi connectivity index (χ2v) is 9.36. The first-order valence-electron chi connectivity index (χ1n) is 12.3. The van der Waals surface area contributed by atoms with Crippen LogP contribution in [-0.2, 0) is 20.8 Å². The van der Waals surface area contributed by atoms with E-state index in [1.165, 1.54) is 6.92 Å². The van der Waals surface area contributed by atoms with E-state index in [1.54, 1.807) is 54.0 Å². The second kappa shape index (κ2) is 13.1. The number of rotatable bonds is 12. The van der Waals surface area contributed by atoms with Gasteiger partial charge in [-0.2, -0.15) is 0 Å². The third-order valence-electron chi connectivity index (χ3n) is 6.09. The zero-order valence-electron chi connectivity index (χ0n) is 21.0. The minimum atomic E-state index is -0.779. The lowest BCUT2D eigenvalue weighted by Crippen LogP contribution is -2.26. The van der Waals surface area contributed by atoms with E-state index in [0.717, 1.165) is 25.7 Å². The Morgan fingerprint density at radius 3 is 2.32 bits per heavy atom. The van der Waals surface area contributed by atoms with E-state index in [4.69, 9.17) is 21.4 Å². The lowest BCUT2D eigenvalue weighted by molar-refractivity contribution is -0.137. The number of amides is 1. The summed E-state index contributed by atoms with van der Waals surface area (Å²) in [5.74, 6) is -1.34. The van der Waals surface area contributed by atoms with Gasteiger partial charge in [0.1, 0.15) is 5.75 Å². The minimum absolute atomic E-state index is 0.0609. The first-order chi connectivity index (χ1) is 17.7. The van der Waals surface area contributed by atoms with Crippen molar-refractivity contribution in [2.24, 2.45) is 0 Å². The van der Waals surface area contributed by atoms with E-state index in [9.17, 15) is 19.2 Å². The minimum Gasteiger partial charge on any atom is -0.481 e. The molecule has 0 aliphatic carbocycles. The summed E-state index contributed by atoms with van der Waals surface area (Å²) >= 11 is 5.98. The molecule has 2 N–H and O–H groups in total. The van der Waals surface area contributed by atoms with Crippen molar-refractivity contribution in [3.63, 3.8) is 0 Å². The van der Waals surface area contributed by atoms with Crippen molar-refractivity contribution in [1.29, 1.82) is 0 Å². The molecule has 196 valence electrons. The van der Waals surface area contributed by atoms with Gasteiger partial charge in [-0.15, -0.1) is 0 Å². The van der Waals surface area contributed by atoms with Crippen LogP contribution in [-0.4, -0.2) is 40.0 Å². The van der Waals surface area contributed by atoms with Crippen LogP contribution in [0, 0.1) is 6.92 Å². The fourth-order valence-electron chi connectivity index (χ4n) is 4.28. The van der Waals surface area contributed by atoms with E-state index in [-0.39, 0.29) is 24.7 Å². The molecule has 0 atom stereocenters. The van der Waals surface area contributed by atoms with Gasteiger partial charge in [-0.3, -0.25) is 23.7 Å². The standard InChI is InChI=1S/C28H31ClN2O6/c1-18-23(17-26(33)30-15-7-5-3-4-6-8-27(34)35)24-16-22(37-19(2)32)13-14-25(24)31(18)28(36)20-9-11-21(29)12-10-20/h9-14,16H,3-8,15,17H2,1-2H3,(H,30,33)(H,34,35). The number of carbonyl (C=O) groups is 4. The lowest BCUT2D eigenvalue weighted by Gasteiger charge is -2.08. The molecule has 0 saturated carbocycles. The molecule has 0 unspecified atom stereocenters. The molecule has 0 radical (unpaired) electrons. The number of esters is 1. The van der Waals surface area contributed by atoms with Crippen LogP contribution in [0.1, 0.15) is 67.1 Å². The predicted molar refractivity (Wildman–Crippen MR) is 141 cm³/mol. The molecule has 9 heteroatoms. The molecule has 8 nitrogen and oxygen atoms in total. The van der Waals surface area contributed by atoms with Crippen molar-refractivity contribution in [3.05, 3.63) is 64.3 Å². The largest absolute Gasteiger partial charge is 0.481 e. The Hall–Kier alpha value is -3.65. The van der Waals surface area contributed by atoms with Crippen molar-refractivity contribution in [3.8, 4) is 5.75 Å². The molecule has 0 aliphatic heterocycles. The van der Waals surface area contributed by atoms with Crippen molar-refractivity contribution in [1.82, 2.24) is 9.88 Å². The molecule has 1 heterocycles. The first-order valence-corrected chi connectivity index (χ1v) is 12.7. The molecule has 0 spiro atoms. The Labute approximate surface area is 220 Å². The van der Waals surface area contributed by atoms with Gasteiger partial charge in [-0.1, -0.05) is 30.9 Å². The van der Waals surface area contributed by atoms with Gasteiger partial charge in [0.2, 0.25) is 5.91 Å². The van der Waals surface area contributed by atoms with E-state index >= 15 is 0 Å². The van der Waals surface area contributed by atoms with Crippen molar-refractivity contribution < 1.29 is 29.0 Å². The molecule has 3 rings (SSSR count). The number of carboxylic acid groups (broad SMARTS) is 1. The van der Waals surface area contributed by atoms with Crippen LogP contribution in [0.4, 0.5) is 0 Å². The average Bonchev–Trinajstić information content (AvgIpc) is 3.10. The van der Waals surface area contributed by atoms with Gasteiger partial charge in [0.15, 0.2) is 0 Å². The van der Waals surface area contributed by atoms with Crippen LogP contribution in [0.2, 0.25) is 5.02 Å². The molecule has 0 saturated heterocycles. The maximum Gasteiger partial charge on any atom is 0.308 e. The summed E-state index contributed by atoms with van der Waals surface area (Å²) in [6, 6.07) is 11.6. The van der Waals surface area contributed by atoms with Crippen molar-refractivity contribution in [2.75, 3.05) is 6.54 Å². The second-order valence-electron chi connectivity index (χ2n) is 8.92. The van der Waals surface area contributed by atoms with E-state index in [1.807, 2.05) is 0 Å². The summed E-state index contributed by atoms with van der Waals surface area (Å²) in [5, 5.41) is 12.8. The highest BCUT2D eigenvalue weighted by Gasteiger charge is 2.22. The first kappa shape index (κ1) is 27.9. The van der Waals surface area contributed by atoms with Gasteiger partial charge in [-0.25, -0.2) is 0 Å². The fourth-order valence-corrected chi connectivity index (χ4v) is 4.41. The molecule has 0 fully saturated rings. The van der Waals surface area contributed by atoms with Gasteiger partial charge in [0.25, 0.3) is 5.91 Å². The number of nitrogens with zero attached hydrogens (tertiary/aromatic N) is 1. The quantitative estimate of drug-likeness (QED) is 0.188. The molecular formula is C28H31ClN2O6. The number of halogens is 1. The smallest absolute Gasteiger partial charge is 0.308 e. The van der Waals surface area contributed by atoms with Gasteiger partial charge < -0.3 is 15.2 Å². The zero-order chi connectivity index (χ0) is 26.9. The average molecular weight is 527 g/mol. The van der Waals surface area contributed by atoms with E-state index in [0.29, 0.717) is 51.5 Å². The van der Waals surface area contributed by atoms with Gasteiger partial charge in [0.05, 0.1) is 11.9 Å². The maximum absolute atomic E-state index is 13.4. The number of carbonyl (C=O) groups excluding carboxylic acids is 3. The number of aliphatic carboxylic acids is 1. The summed E-state index contributed by atoms with van der Waals surface area (Å²) in [4.78, 5) is 48.3. The van der Waals surface area contributed by atoms with Crippen LogP contribution in [0.15, 0.2) is 42.5 Å². The Bertz CT molecular complexity index is 1300. The summed E-state index contributed by atoms with van der Waals surface area (Å²) in [7, 11) is 0. The predicted octanol–water partition coefficient (Wildman–Crippen LogP) is 5.30. The number of ether oxygens (including phenoxy) is 1. The van der Waals surface area contributed by atoms with E-state index in [2.05, 4.69) is 5.32 Å². The Kier molecular flexibility index (Phi) is 9.85. The molecule has 0 aliphatic rings. The number of carboxylic acids is 1. The normalized spacial score (nSPS) is 10.9. The van der Waals surface area contributed by atoms with Crippen LogP contribution < -0.4 is 10.1 Å². The van der Waals surface area contributed by atoms with Crippen molar-refractivity contribution in [2.45, 2.75) is 58.8 Å². The number of hydrogen-bond acceptors (Lipinski definition) is 5. The third-order valence-corrected chi connectivity index (χ3v) is 6.34. The lowest BCUT2D eigenvalue weighted by atomic mass is 10.1. The topological polar surface area (TPSA) is 115 Å². The fraction of sp³-hybridized carbons (Fsp3) is 0.357. The van der Waals surface area contributed by atoms with E-state index < -0.39 is 11.9 Å². The van der Waals surface area contributed by atoms with Crippen molar-refractivity contribution >= 4 is 46.3 Å². The summed E-state index contributed by atoms with van der Waals surface area (Å²) in [5.41, 5.74) is 2.37. The number of nitrogens with one attached hydrogen (secondary N) is 1. The molecule has 37 heavy (non-hydrogen) atoms. The summed E-state index contributed by atoms with van der Waals surface area (Å²) < 4.78 is 6.81. The highest BCUT2D eigenvalue weighted by Crippen LogP contribution is 2.31. The molecule has 2 aromatic carbocycles. The van der Waals surface area contributed by atoms with Gasteiger partial charge >= 0.3 is 11.9 Å². The molecule has 0 bridgehead atoms. The zero-order valence-corrected chi connectivity index (χ0v) is 21.8. The monoisotopic (exact) mass is 526 g/mol.